The smallest absolute Gasteiger partial charge is 0.315 e. The summed E-state index contributed by atoms with van der Waals surface area (Å²) in [6.07, 6.45) is 10.4. The van der Waals surface area contributed by atoms with Crippen LogP contribution >= 0.6 is 0 Å². The zero-order valence-corrected chi connectivity index (χ0v) is 16.1. The quantitative estimate of drug-likeness (QED) is 0.614. The summed E-state index contributed by atoms with van der Waals surface area (Å²) >= 11 is 0. The molecule has 0 saturated heterocycles. The molecule has 0 atom stereocenters. The van der Waals surface area contributed by atoms with Crippen LogP contribution < -0.4 is 21.1 Å². The molecule has 3 heterocycles. The number of aromatic nitrogens is 2. The zero-order chi connectivity index (χ0) is 19.8. The Balaban J connectivity index is 1.57. The molecule has 0 bridgehead atoms. The monoisotopic (exact) mass is 378 g/mol. The molecule has 7 nitrogen and oxygen atoms in total. The van der Waals surface area contributed by atoms with Crippen molar-refractivity contribution >= 4 is 17.4 Å². The van der Waals surface area contributed by atoms with Crippen molar-refractivity contribution in [2.75, 3.05) is 11.6 Å². The normalized spacial score (nSPS) is 13.1. The van der Waals surface area contributed by atoms with Crippen molar-refractivity contribution in [3.05, 3.63) is 72.5 Å². The van der Waals surface area contributed by atoms with Crippen molar-refractivity contribution in [1.82, 2.24) is 26.0 Å². The molecule has 28 heavy (non-hydrogen) atoms. The van der Waals surface area contributed by atoms with Crippen molar-refractivity contribution in [2.45, 2.75) is 32.7 Å². The fraction of sp³-hybridized carbons (Fsp3) is 0.286. The van der Waals surface area contributed by atoms with Gasteiger partial charge in [-0.3, -0.25) is 10.4 Å². The van der Waals surface area contributed by atoms with Crippen LogP contribution in [-0.4, -0.2) is 22.5 Å². The van der Waals surface area contributed by atoms with E-state index in [4.69, 9.17) is 0 Å². The second kappa shape index (κ2) is 9.55. The molecule has 2 aromatic rings. The van der Waals surface area contributed by atoms with Gasteiger partial charge in [0.15, 0.2) is 5.82 Å². The first kappa shape index (κ1) is 19.4. The van der Waals surface area contributed by atoms with Crippen molar-refractivity contribution in [2.24, 2.45) is 0 Å². The van der Waals surface area contributed by atoms with Gasteiger partial charge in [0.2, 0.25) is 0 Å². The number of hydrazine groups is 1. The van der Waals surface area contributed by atoms with Crippen LogP contribution in [0.2, 0.25) is 0 Å². The molecule has 146 valence electrons. The van der Waals surface area contributed by atoms with Gasteiger partial charge in [0.05, 0.1) is 5.70 Å². The molecule has 3 N–H and O–H groups in total. The van der Waals surface area contributed by atoms with Crippen molar-refractivity contribution in [3.63, 3.8) is 0 Å². The Kier molecular flexibility index (Phi) is 6.62. The maximum atomic E-state index is 11.9. The average molecular weight is 378 g/mol. The van der Waals surface area contributed by atoms with Gasteiger partial charge in [-0.25, -0.2) is 14.8 Å². The number of nitrogens with zero attached hydrogens (tertiary/aromatic N) is 3. The first-order valence-electron chi connectivity index (χ1n) is 9.52. The van der Waals surface area contributed by atoms with Crippen molar-refractivity contribution in [1.29, 1.82) is 0 Å². The largest absolute Gasteiger partial charge is 0.338 e. The number of anilines is 1. The maximum absolute atomic E-state index is 11.9. The second-order valence-corrected chi connectivity index (χ2v) is 6.55. The summed E-state index contributed by atoms with van der Waals surface area (Å²) < 4.78 is 0. The third-order valence-corrected chi connectivity index (χ3v) is 4.45. The van der Waals surface area contributed by atoms with E-state index in [1.807, 2.05) is 35.5 Å². The Morgan fingerprint density at radius 3 is 2.93 bits per heavy atom. The van der Waals surface area contributed by atoms with E-state index in [-0.39, 0.29) is 6.03 Å². The molecule has 0 radical (unpaired) electrons. The number of rotatable bonds is 8. The number of urea groups is 1. The molecule has 0 unspecified atom stereocenters. The van der Waals surface area contributed by atoms with E-state index in [2.05, 4.69) is 39.5 Å². The SMILES string of the molecule is C=C1C(c2cccnc2)=CNN1c1cc(CNC(=O)NCCCCC)ccn1. The molecule has 0 aliphatic carbocycles. The van der Waals surface area contributed by atoms with Crippen LogP contribution in [-0.2, 0) is 6.54 Å². The Hall–Kier alpha value is -3.35. The first-order chi connectivity index (χ1) is 13.7. The molecule has 1 aliphatic rings. The molecule has 7 heteroatoms. The summed E-state index contributed by atoms with van der Waals surface area (Å²) in [5.41, 5.74) is 6.88. The summed E-state index contributed by atoms with van der Waals surface area (Å²) in [6, 6.07) is 7.54. The number of allylic oxidation sites excluding steroid dienone is 1. The Bertz CT molecular complexity index is 849. The van der Waals surface area contributed by atoms with E-state index < -0.39 is 0 Å². The van der Waals surface area contributed by atoms with Crippen LogP contribution in [0.15, 0.2) is 61.3 Å². The third kappa shape index (κ3) is 4.88. The van der Waals surface area contributed by atoms with Gasteiger partial charge in [-0.15, -0.1) is 0 Å². The van der Waals surface area contributed by atoms with Crippen LogP contribution in [0.25, 0.3) is 5.57 Å². The molecule has 1 aliphatic heterocycles. The molecule has 0 spiro atoms. The highest BCUT2D eigenvalue weighted by Gasteiger charge is 2.22. The Morgan fingerprint density at radius 1 is 1.25 bits per heavy atom. The minimum absolute atomic E-state index is 0.154. The van der Waals surface area contributed by atoms with Crippen LogP contribution in [0.1, 0.15) is 37.3 Å². The van der Waals surface area contributed by atoms with Gasteiger partial charge < -0.3 is 10.6 Å². The number of amides is 2. The molecule has 2 amide bonds. The highest BCUT2D eigenvalue weighted by atomic mass is 16.2. The highest BCUT2D eigenvalue weighted by molar-refractivity contribution is 5.84. The van der Waals surface area contributed by atoms with Gasteiger partial charge in [-0.2, -0.15) is 0 Å². The van der Waals surface area contributed by atoms with Gasteiger partial charge >= 0.3 is 6.03 Å². The van der Waals surface area contributed by atoms with E-state index in [0.29, 0.717) is 18.9 Å². The number of carbonyl (C=O) groups excluding carboxylic acids is 1. The predicted octanol–water partition coefficient (Wildman–Crippen LogP) is 3.35. The molecule has 0 fully saturated rings. The fourth-order valence-corrected chi connectivity index (χ4v) is 2.90. The summed E-state index contributed by atoms with van der Waals surface area (Å²) in [7, 11) is 0. The Labute approximate surface area is 165 Å². The lowest BCUT2D eigenvalue weighted by Crippen LogP contribution is -2.35. The summed E-state index contributed by atoms with van der Waals surface area (Å²) in [6.45, 7) is 7.43. The van der Waals surface area contributed by atoms with Gasteiger partial charge in [0.25, 0.3) is 0 Å². The van der Waals surface area contributed by atoms with E-state index in [1.54, 1.807) is 18.6 Å². The van der Waals surface area contributed by atoms with Crippen LogP contribution in [0.5, 0.6) is 0 Å². The minimum atomic E-state index is -0.154. The lowest BCUT2D eigenvalue weighted by molar-refractivity contribution is 0.240. The van der Waals surface area contributed by atoms with E-state index in [9.17, 15) is 4.79 Å². The topological polar surface area (TPSA) is 82.2 Å². The van der Waals surface area contributed by atoms with E-state index in [1.165, 1.54) is 0 Å². The average Bonchev–Trinajstić information content (AvgIpc) is 3.12. The van der Waals surface area contributed by atoms with Gasteiger partial charge in [-0.05, 0) is 30.2 Å². The number of carbonyl (C=O) groups is 1. The van der Waals surface area contributed by atoms with Crippen molar-refractivity contribution in [3.8, 4) is 0 Å². The maximum Gasteiger partial charge on any atom is 0.315 e. The van der Waals surface area contributed by atoms with E-state index in [0.717, 1.165) is 41.7 Å². The lowest BCUT2D eigenvalue weighted by atomic mass is 10.1. The lowest BCUT2D eigenvalue weighted by Gasteiger charge is -2.20. The summed E-state index contributed by atoms with van der Waals surface area (Å²) in [4.78, 5) is 20.5. The van der Waals surface area contributed by atoms with Gasteiger partial charge in [0.1, 0.15) is 0 Å². The number of unbranched alkanes of at least 4 members (excludes halogenated alkanes) is 2. The molecule has 3 rings (SSSR count). The van der Waals surface area contributed by atoms with Crippen LogP contribution in [0.3, 0.4) is 0 Å². The standard InChI is InChI=1S/C21H26N6O/c1-3-4-5-10-24-21(28)25-13-17-8-11-23-20(12-17)27-16(2)19(15-26-27)18-7-6-9-22-14-18/h6-9,11-12,14-15,26H,2-5,10,13H2,1H3,(H2,24,25,28). The second-order valence-electron chi connectivity index (χ2n) is 6.55. The number of pyridine rings is 2. The van der Waals surface area contributed by atoms with Crippen molar-refractivity contribution < 1.29 is 4.79 Å². The first-order valence-corrected chi connectivity index (χ1v) is 9.52. The molecule has 2 aromatic heterocycles. The predicted molar refractivity (Wildman–Crippen MR) is 111 cm³/mol. The zero-order valence-electron chi connectivity index (χ0n) is 16.1. The molecule has 0 saturated carbocycles. The van der Waals surface area contributed by atoms with E-state index >= 15 is 0 Å². The van der Waals surface area contributed by atoms with Gasteiger partial charge in [0, 0.05) is 49.0 Å². The summed E-state index contributed by atoms with van der Waals surface area (Å²) in [5, 5.41) is 7.57. The minimum Gasteiger partial charge on any atom is -0.338 e. The van der Waals surface area contributed by atoms with Crippen LogP contribution in [0, 0.1) is 0 Å². The highest BCUT2D eigenvalue weighted by Crippen LogP contribution is 2.30. The van der Waals surface area contributed by atoms with Gasteiger partial charge in [-0.1, -0.05) is 32.4 Å². The Morgan fingerprint density at radius 2 is 2.14 bits per heavy atom. The molecular formula is C21H26N6O. The molecular weight excluding hydrogens is 352 g/mol. The number of hydrogen-bond donors (Lipinski definition) is 3. The molecule has 0 aromatic carbocycles. The van der Waals surface area contributed by atoms with Crippen LogP contribution in [0.4, 0.5) is 10.6 Å². The third-order valence-electron chi connectivity index (χ3n) is 4.45. The fourth-order valence-electron chi connectivity index (χ4n) is 2.90. The number of nitrogens with one attached hydrogen (secondary N) is 3. The number of hydrogen-bond acceptors (Lipinski definition) is 5. The summed E-state index contributed by atoms with van der Waals surface area (Å²) in [5.74, 6) is 0.711.